The zero-order valence-electron chi connectivity index (χ0n) is 12.7. The van der Waals surface area contributed by atoms with Gasteiger partial charge in [-0.3, -0.25) is 4.79 Å². The van der Waals surface area contributed by atoms with Crippen molar-refractivity contribution in [1.29, 1.82) is 0 Å². The second-order valence-electron chi connectivity index (χ2n) is 5.55. The Morgan fingerprint density at radius 3 is 2.80 bits per heavy atom. The third-order valence-corrected chi connectivity index (χ3v) is 3.97. The van der Waals surface area contributed by atoms with Gasteiger partial charge in [0.25, 0.3) is 5.91 Å². The van der Waals surface area contributed by atoms with Gasteiger partial charge in [0.1, 0.15) is 0 Å². The van der Waals surface area contributed by atoms with Crippen molar-refractivity contribution in [2.24, 2.45) is 0 Å². The number of hydrogen-bond acceptors (Lipinski definition) is 3. The maximum absolute atomic E-state index is 12.7. The highest BCUT2D eigenvalue weighted by molar-refractivity contribution is 5.99. The summed E-state index contributed by atoms with van der Waals surface area (Å²) in [5, 5.41) is 3.34. The molecule has 0 radical (unpaired) electrons. The second-order valence-corrected chi connectivity index (χ2v) is 5.55. The van der Waals surface area contributed by atoms with Gasteiger partial charge < -0.3 is 15.1 Å². The molecule has 1 atom stereocenters. The molecule has 1 saturated heterocycles. The van der Waals surface area contributed by atoms with E-state index in [4.69, 9.17) is 0 Å². The van der Waals surface area contributed by atoms with Crippen LogP contribution in [0.15, 0.2) is 24.3 Å². The number of rotatable bonds is 4. The molecule has 110 valence electrons. The lowest BCUT2D eigenvalue weighted by atomic mass is 10.1. The van der Waals surface area contributed by atoms with Gasteiger partial charge >= 0.3 is 0 Å². The average Bonchev–Trinajstić information content (AvgIpc) is 2.47. The van der Waals surface area contributed by atoms with E-state index in [1.807, 2.05) is 29.2 Å². The van der Waals surface area contributed by atoms with Crippen LogP contribution in [-0.2, 0) is 0 Å². The maximum atomic E-state index is 12.7. The molecule has 0 bridgehead atoms. The molecule has 1 heterocycles. The number of carbonyl (C=O) groups is 1. The summed E-state index contributed by atoms with van der Waals surface area (Å²) in [6.07, 6.45) is 1.05. The number of anilines is 1. The molecule has 20 heavy (non-hydrogen) atoms. The summed E-state index contributed by atoms with van der Waals surface area (Å²) in [5.41, 5.74) is 1.74. The lowest BCUT2D eigenvalue weighted by Gasteiger charge is -2.37. The Balaban J connectivity index is 2.12. The van der Waals surface area contributed by atoms with Gasteiger partial charge in [-0.15, -0.1) is 0 Å². The lowest BCUT2D eigenvalue weighted by Crippen LogP contribution is -2.52. The van der Waals surface area contributed by atoms with Crippen LogP contribution in [0.4, 0.5) is 5.69 Å². The molecule has 1 aliphatic heterocycles. The number of benzene rings is 1. The van der Waals surface area contributed by atoms with Crippen LogP contribution >= 0.6 is 0 Å². The normalized spacial score (nSPS) is 19.9. The molecule has 4 nitrogen and oxygen atoms in total. The van der Waals surface area contributed by atoms with Crippen LogP contribution < -0.4 is 5.32 Å². The molecular formula is C16H25N3O. The average molecular weight is 275 g/mol. The molecule has 1 unspecified atom stereocenters. The Morgan fingerprint density at radius 2 is 2.10 bits per heavy atom. The summed E-state index contributed by atoms with van der Waals surface area (Å²) in [5.74, 6) is 0.143. The fourth-order valence-corrected chi connectivity index (χ4v) is 2.49. The van der Waals surface area contributed by atoms with E-state index in [0.29, 0.717) is 6.04 Å². The Hall–Kier alpha value is -1.55. The summed E-state index contributed by atoms with van der Waals surface area (Å²) in [7, 11) is 2.11. The smallest absolute Gasteiger partial charge is 0.256 e. The van der Waals surface area contributed by atoms with E-state index in [1.165, 1.54) is 0 Å². The minimum atomic E-state index is 0.143. The van der Waals surface area contributed by atoms with Crippen molar-refractivity contribution >= 4 is 11.6 Å². The van der Waals surface area contributed by atoms with Crippen LogP contribution in [0.25, 0.3) is 0 Å². The minimum absolute atomic E-state index is 0.143. The van der Waals surface area contributed by atoms with Crippen LogP contribution in [0.5, 0.6) is 0 Å². The SMILES string of the molecule is CCCNc1ccccc1C(=O)N1CCN(C)C(C)C1. The number of nitrogens with zero attached hydrogens (tertiary/aromatic N) is 2. The van der Waals surface area contributed by atoms with Crippen LogP contribution in [-0.4, -0.2) is 55.0 Å². The monoisotopic (exact) mass is 275 g/mol. The van der Waals surface area contributed by atoms with Crippen LogP contribution in [0.1, 0.15) is 30.6 Å². The first-order chi connectivity index (χ1) is 9.63. The quantitative estimate of drug-likeness (QED) is 0.915. The summed E-state index contributed by atoms with van der Waals surface area (Å²) in [6, 6.07) is 8.24. The van der Waals surface area contributed by atoms with E-state index in [-0.39, 0.29) is 5.91 Å². The Bertz CT molecular complexity index is 461. The maximum Gasteiger partial charge on any atom is 0.256 e. The third-order valence-electron chi connectivity index (χ3n) is 3.97. The predicted molar refractivity (Wildman–Crippen MR) is 83.2 cm³/mol. The van der Waals surface area contributed by atoms with Crippen molar-refractivity contribution in [3.63, 3.8) is 0 Å². The number of carbonyl (C=O) groups excluding carboxylic acids is 1. The van der Waals surface area contributed by atoms with Crippen molar-refractivity contribution in [3.8, 4) is 0 Å². The zero-order chi connectivity index (χ0) is 14.5. The highest BCUT2D eigenvalue weighted by atomic mass is 16.2. The number of piperazine rings is 1. The van der Waals surface area contributed by atoms with E-state index in [1.54, 1.807) is 0 Å². The number of para-hydroxylation sites is 1. The van der Waals surface area contributed by atoms with Crippen molar-refractivity contribution in [2.75, 3.05) is 38.5 Å². The molecule has 0 aliphatic carbocycles. The summed E-state index contributed by atoms with van der Waals surface area (Å²) >= 11 is 0. The molecule has 0 aromatic heterocycles. The lowest BCUT2D eigenvalue weighted by molar-refractivity contribution is 0.0573. The molecule has 1 amide bonds. The second kappa shape index (κ2) is 6.75. The summed E-state index contributed by atoms with van der Waals surface area (Å²) in [4.78, 5) is 17.0. The summed E-state index contributed by atoms with van der Waals surface area (Å²) in [6.45, 7) is 7.74. The Morgan fingerprint density at radius 1 is 1.35 bits per heavy atom. The predicted octanol–water partition coefficient (Wildman–Crippen LogP) is 2.28. The number of nitrogens with one attached hydrogen (secondary N) is 1. The molecular weight excluding hydrogens is 250 g/mol. The Labute approximate surface area is 121 Å². The van der Waals surface area contributed by atoms with Crippen LogP contribution in [0.2, 0.25) is 0 Å². The van der Waals surface area contributed by atoms with E-state index in [2.05, 4.69) is 31.1 Å². The zero-order valence-corrected chi connectivity index (χ0v) is 12.7. The van der Waals surface area contributed by atoms with E-state index < -0.39 is 0 Å². The fourth-order valence-electron chi connectivity index (χ4n) is 2.49. The first-order valence-corrected chi connectivity index (χ1v) is 7.46. The van der Waals surface area contributed by atoms with E-state index >= 15 is 0 Å². The molecule has 0 saturated carbocycles. The molecule has 1 fully saturated rings. The minimum Gasteiger partial charge on any atom is -0.384 e. The molecule has 2 rings (SSSR count). The van der Waals surface area contributed by atoms with E-state index in [9.17, 15) is 4.79 Å². The topological polar surface area (TPSA) is 35.6 Å². The van der Waals surface area contributed by atoms with Crippen molar-refractivity contribution in [1.82, 2.24) is 9.80 Å². The van der Waals surface area contributed by atoms with Gasteiger partial charge in [-0.2, -0.15) is 0 Å². The number of amides is 1. The highest BCUT2D eigenvalue weighted by Gasteiger charge is 2.26. The first-order valence-electron chi connectivity index (χ1n) is 7.46. The molecule has 1 aromatic carbocycles. The molecule has 1 N–H and O–H groups in total. The van der Waals surface area contributed by atoms with Gasteiger partial charge in [-0.25, -0.2) is 0 Å². The van der Waals surface area contributed by atoms with Gasteiger partial charge in [0.15, 0.2) is 0 Å². The molecule has 0 spiro atoms. The van der Waals surface area contributed by atoms with Gasteiger partial charge in [-0.1, -0.05) is 19.1 Å². The largest absolute Gasteiger partial charge is 0.384 e. The van der Waals surface area contributed by atoms with Gasteiger partial charge in [0.05, 0.1) is 5.56 Å². The first kappa shape index (κ1) is 14.9. The molecule has 4 heteroatoms. The molecule has 1 aliphatic rings. The van der Waals surface area contributed by atoms with Gasteiger partial charge in [0, 0.05) is 37.9 Å². The van der Waals surface area contributed by atoms with Crippen molar-refractivity contribution in [2.45, 2.75) is 26.3 Å². The van der Waals surface area contributed by atoms with E-state index in [0.717, 1.165) is 43.9 Å². The van der Waals surface area contributed by atoms with Crippen molar-refractivity contribution in [3.05, 3.63) is 29.8 Å². The standard InChI is InChI=1S/C16H25N3O/c1-4-9-17-15-8-6-5-7-14(15)16(20)19-11-10-18(3)13(2)12-19/h5-8,13,17H,4,9-12H2,1-3H3. The van der Waals surface area contributed by atoms with Crippen molar-refractivity contribution < 1.29 is 4.79 Å². The fraction of sp³-hybridized carbons (Fsp3) is 0.562. The summed E-state index contributed by atoms with van der Waals surface area (Å²) < 4.78 is 0. The number of hydrogen-bond donors (Lipinski definition) is 1. The number of likely N-dealkylation sites (N-methyl/N-ethyl adjacent to an activating group) is 1. The van der Waals surface area contributed by atoms with Gasteiger partial charge in [-0.05, 0) is 32.5 Å². The molecule has 1 aromatic rings. The van der Waals surface area contributed by atoms with Gasteiger partial charge in [0.2, 0.25) is 0 Å². The Kier molecular flexibility index (Phi) is 5.01. The third kappa shape index (κ3) is 3.31. The highest BCUT2D eigenvalue weighted by Crippen LogP contribution is 2.19. The van der Waals surface area contributed by atoms with Crippen LogP contribution in [0, 0.1) is 0 Å². The van der Waals surface area contributed by atoms with Crippen LogP contribution in [0.3, 0.4) is 0 Å².